The van der Waals surface area contributed by atoms with Crippen molar-refractivity contribution >= 4 is 29.0 Å². The van der Waals surface area contributed by atoms with Gasteiger partial charge in [-0.2, -0.15) is 0 Å². The second kappa shape index (κ2) is 8.75. The van der Waals surface area contributed by atoms with Gasteiger partial charge in [-0.15, -0.1) is 11.6 Å². The van der Waals surface area contributed by atoms with Crippen molar-refractivity contribution in [1.82, 2.24) is 0 Å². The van der Waals surface area contributed by atoms with Gasteiger partial charge in [-0.3, -0.25) is 4.79 Å². The van der Waals surface area contributed by atoms with E-state index in [0.717, 1.165) is 5.56 Å². The second-order valence-electron chi connectivity index (χ2n) is 4.12. The summed E-state index contributed by atoms with van der Waals surface area (Å²) in [4.78, 5) is 11.0. The predicted molar refractivity (Wildman–Crippen MR) is 83.6 cm³/mol. The van der Waals surface area contributed by atoms with E-state index < -0.39 is 0 Å². The van der Waals surface area contributed by atoms with Crippen LogP contribution in [0.5, 0.6) is 0 Å². The molecule has 20 heavy (non-hydrogen) atoms. The highest BCUT2D eigenvalue weighted by Gasteiger charge is 2.06. The summed E-state index contributed by atoms with van der Waals surface area (Å²) >= 11 is 11.1. The number of hydrogen-bond acceptors (Lipinski definition) is 2. The third kappa shape index (κ3) is 5.33. The minimum atomic E-state index is -0.341. The van der Waals surface area contributed by atoms with Crippen LogP contribution in [0.1, 0.15) is 28.9 Å². The Labute approximate surface area is 129 Å². The number of aliphatic hydroxyl groups excluding tert-OH is 1. The zero-order valence-electron chi connectivity index (χ0n) is 11.1. The van der Waals surface area contributed by atoms with Gasteiger partial charge in [0.25, 0.3) is 0 Å². The van der Waals surface area contributed by atoms with E-state index >= 15 is 0 Å². The van der Waals surface area contributed by atoms with E-state index in [1.165, 1.54) is 0 Å². The van der Waals surface area contributed by atoms with E-state index in [-0.39, 0.29) is 17.8 Å². The SMILES string of the molecule is CC(O)c1ccccc1.O=C(CCl)c1ccccc1Cl. The summed E-state index contributed by atoms with van der Waals surface area (Å²) < 4.78 is 0. The van der Waals surface area contributed by atoms with Crippen LogP contribution in [-0.4, -0.2) is 16.8 Å². The van der Waals surface area contributed by atoms with Crippen molar-refractivity contribution in [1.29, 1.82) is 0 Å². The maximum absolute atomic E-state index is 11.0. The lowest BCUT2D eigenvalue weighted by atomic mass is 10.1. The van der Waals surface area contributed by atoms with E-state index in [4.69, 9.17) is 28.3 Å². The van der Waals surface area contributed by atoms with Crippen molar-refractivity contribution in [3.8, 4) is 0 Å². The van der Waals surface area contributed by atoms with E-state index in [0.29, 0.717) is 10.6 Å². The lowest BCUT2D eigenvalue weighted by Crippen LogP contribution is -2.00. The highest BCUT2D eigenvalue weighted by molar-refractivity contribution is 6.37. The van der Waals surface area contributed by atoms with Crippen molar-refractivity contribution in [3.63, 3.8) is 0 Å². The molecule has 2 rings (SSSR count). The molecule has 1 atom stereocenters. The van der Waals surface area contributed by atoms with Gasteiger partial charge in [0.1, 0.15) is 0 Å². The smallest absolute Gasteiger partial charge is 0.179 e. The molecule has 0 aliphatic heterocycles. The Hall–Kier alpha value is -1.35. The molecule has 0 saturated carbocycles. The number of carbonyl (C=O) groups is 1. The highest BCUT2D eigenvalue weighted by atomic mass is 35.5. The number of rotatable bonds is 3. The summed E-state index contributed by atoms with van der Waals surface area (Å²) in [5.74, 6) is -0.165. The van der Waals surface area contributed by atoms with Gasteiger partial charge in [0.15, 0.2) is 5.78 Å². The third-order valence-corrected chi connectivity index (χ3v) is 3.15. The van der Waals surface area contributed by atoms with Gasteiger partial charge in [-0.1, -0.05) is 54.1 Å². The molecule has 0 heterocycles. The molecule has 0 bridgehead atoms. The Morgan fingerprint density at radius 1 is 1.10 bits per heavy atom. The molecule has 0 aliphatic carbocycles. The summed E-state index contributed by atoms with van der Waals surface area (Å²) in [5.41, 5.74) is 1.46. The zero-order valence-corrected chi connectivity index (χ0v) is 12.6. The molecule has 2 aromatic carbocycles. The van der Waals surface area contributed by atoms with E-state index in [2.05, 4.69) is 0 Å². The minimum absolute atomic E-state index is 0.0241. The van der Waals surface area contributed by atoms with Gasteiger partial charge in [-0.25, -0.2) is 0 Å². The monoisotopic (exact) mass is 310 g/mol. The molecule has 0 amide bonds. The van der Waals surface area contributed by atoms with Crippen LogP contribution in [0.4, 0.5) is 0 Å². The van der Waals surface area contributed by atoms with Gasteiger partial charge in [0.05, 0.1) is 17.0 Å². The Balaban J connectivity index is 0.000000204. The highest BCUT2D eigenvalue weighted by Crippen LogP contribution is 2.15. The first kappa shape index (κ1) is 16.7. The average Bonchev–Trinajstić information content (AvgIpc) is 2.48. The van der Waals surface area contributed by atoms with Crippen molar-refractivity contribution in [2.45, 2.75) is 13.0 Å². The Morgan fingerprint density at radius 3 is 2.10 bits per heavy atom. The molecule has 106 valence electrons. The zero-order chi connectivity index (χ0) is 15.0. The quantitative estimate of drug-likeness (QED) is 0.669. The number of hydrogen-bond donors (Lipinski definition) is 1. The Morgan fingerprint density at radius 2 is 1.65 bits per heavy atom. The maximum atomic E-state index is 11.0. The van der Waals surface area contributed by atoms with Crippen molar-refractivity contribution < 1.29 is 9.90 Å². The molecule has 2 nitrogen and oxygen atoms in total. The van der Waals surface area contributed by atoms with Gasteiger partial charge < -0.3 is 5.11 Å². The lowest BCUT2D eigenvalue weighted by molar-refractivity contribution is 0.102. The molecule has 2 aromatic rings. The second-order valence-corrected chi connectivity index (χ2v) is 4.80. The normalized spacial score (nSPS) is 11.2. The van der Waals surface area contributed by atoms with E-state index in [1.54, 1.807) is 31.2 Å². The molecule has 1 unspecified atom stereocenters. The maximum Gasteiger partial charge on any atom is 0.179 e. The van der Waals surface area contributed by atoms with Gasteiger partial charge in [0, 0.05) is 5.56 Å². The van der Waals surface area contributed by atoms with Gasteiger partial charge in [-0.05, 0) is 24.6 Å². The van der Waals surface area contributed by atoms with Crippen molar-refractivity contribution in [2.75, 3.05) is 5.88 Å². The molecule has 1 N–H and O–H groups in total. The fraction of sp³-hybridized carbons (Fsp3) is 0.188. The molecule has 4 heteroatoms. The fourth-order valence-electron chi connectivity index (χ4n) is 1.49. The predicted octanol–water partition coefficient (Wildman–Crippen LogP) is 4.50. The molecular weight excluding hydrogens is 295 g/mol. The summed E-state index contributed by atoms with van der Waals surface area (Å²) in [5, 5.41) is 9.48. The first-order valence-corrected chi connectivity index (χ1v) is 7.04. The number of benzene rings is 2. The van der Waals surface area contributed by atoms with Crippen LogP contribution in [0.15, 0.2) is 54.6 Å². The van der Waals surface area contributed by atoms with Crippen LogP contribution in [0, 0.1) is 0 Å². The van der Waals surface area contributed by atoms with Crippen LogP contribution >= 0.6 is 23.2 Å². The summed E-state index contributed by atoms with van der Waals surface area (Å²) in [7, 11) is 0. The molecule has 0 aliphatic rings. The molecule has 0 spiro atoms. The number of ketones is 1. The number of aliphatic hydroxyl groups is 1. The minimum Gasteiger partial charge on any atom is -0.389 e. The largest absolute Gasteiger partial charge is 0.389 e. The Kier molecular flexibility index (Phi) is 7.31. The Bertz CT molecular complexity index is 539. The molecular formula is C16H16Cl2O2. The molecule has 0 radical (unpaired) electrons. The third-order valence-electron chi connectivity index (χ3n) is 2.58. The van der Waals surface area contributed by atoms with Crippen LogP contribution in [0.25, 0.3) is 0 Å². The van der Waals surface area contributed by atoms with Crippen LogP contribution in [0.3, 0.4) is 0 Å². The summed E-state index contributed by atoms with van der Waals surface area (Å²) in [6.45, 7) is 1.76. The van der Waals surface area contributed by atoms with Crippen molar-refractivity contribution in [2.24, 2.45) is 0 Å². The van der Waals surface area contributed by atoms with E-state index in [9.17, 15) is 4.79 Å². The summed E-state index contributed by atoms with van der Waals surface area (Å²) in [6.07, 6.45) is -0.341. The lowest BCUT2D eigenvalue weighted by Gasteiger charge is -2.00. The van der Waals surface area contributed by atoms with Gasteiger partial charge in [0.2, 0.25) is 0 Å². The average molecular weight is 311 g/mol. The number of carbonyl (C=O) groups excluding carboxylic acids is 1. The first-order chi connectivity index (χ1) is 9.56. The van der Waals surface area contributed by atoms with E-state index in [1.807, 2.05) is 30.3 Å². The summed E-state index contributed by atoms with van der Waals surface area (Å²) in [6, 6.07) is 16.4. The van der Waals surface area contributed by atoms with Gasteiger partial charge >= 0.3 is 0 Å². The fourth-order valence-corrected chi connectivity index (χ4v) is 1.88. The number of alkyl halides is 1. The van der Waals surface area contributed by atoms with Crippen molar-refractivity contribution in [3.05, 3.63) is 70.7 Å². The standard InChI is InChI=1S/C8H6Cl2O.C8H10O/c9-5-8(11)6-3-1-2-4-7(6)10;1-7(9)8-5-3-2-4-6-8/h1-4H,5H2;2-7,9H,1H3. The van der Waals surface area contributed by atoms with Crippen LogP contribution in [-0.2, 0) is 0 Å². The number of Topliss-reactive ketones (excluding diaryl/α,β-unsaturated/α-hetero) is 1. The number of halogens is 2. The first-order valence-electron chi connectivity index (χ1n) is 6.13. The molecule has 0 fully saturated rings. The molecule has 0 aromatic heterocycles. The molecule has 0 saturated heterocycles. The van der Waals surface area contributed by atoms with Crippen LogP contribution in [0.2, 0.25) is 5.02 Å². The van der Waals surface area contributed by atoms with Crippen LogP contribution < -0.4 is 0 Å². The topological polar surface area (TPSA) is 37.3 Å².